The summed E-state index contributed by atoms with van der Waals surface area (Å²) in [5.74, 6) is 1.25. The highest BCUT2D eigenvalue weighted by molar-refractivity contribution is 5.93. The molecule has 0 radical (unpaired) electrons. The van der Waals surface area contributed by atoms with Crippen molar-refractivity contribution in [2.75, 3.05) is 5.73 Å². The first kappa shape index (κ1) is 14.7. The lowest BCUT2D eigenvalue weighted by Gasteiger charge is -2.20. The second-order valence-corrected chi connectivity index (χ2v) is 7.43. The number of rotatable bonds is 4. The van der Waals surface area contributed by atoms with Crippen LogP contribution in [0.3, 0.4) is 0 Å². The van der Waals surface area contributed by atoms with Crippen LogP contribution in [-0.4, -0.2) is 9.78 Å². The van der Waals surface area contributed by atoms with Crippen molar-refractivity contribution in [3.63, 3.8) is 0 Å². The van der Waals surface area contributed by atoms with E-state index in [0.29, 0.717) is 11.8 Å². The molecule has 2 saturated carbocycles. The van der Waals surface area contributed by atoms with E-state index in [1.807, 2.05) is 53.2 Å². The molecule has 3 aromatic rings. The van der Waals surface area contributed by atoms with Crippen molar-refractivity contribution in [2.24, 2.45) is 11.8 Å². The lowest BCUT2D eigenvalue weighted by Crippen LogP contribution is -2.30. The van der Waals surface area contributed by atoms with Gasteiger partial charge in [-0.2, -0.15) is 5.10 Å². The minimum atomic E-state index is 0.0543. The molecule has 4 heteroatoms. The molecule has 0 atom stereocenters. The minimum absolute atomic E-state index is 0.0543. The average molecular weight is 331 g/mol. The monoisotopic (exact) mass is 331 g/mol. The SMILES string of the molecule is Nc1ccc(-c2nn(C(C3CC3)C3CC3)c(=O)c3ccccc23)cc1. The third kappa shape index (κ3) is 2.53. The van der Waals surface area contributed by atoms with Crippen LogP contribution < -0.4 is 11.3 Å². The molecule has 0 bridgehead atoms. The van der Waals surface area contributed by atoms with Gasteiger partial charge < -0.3 is 5.73 Å². The summed E-state index contributed by atoms with van der Waals surface area (Å²) in [6.07, 6.45) is 4.89. The number of benzene rings is 2. The summed E-state index contributed by atoms with van der Waals surface area (Å²) in [6.45, 7) is 0. The summed E-state index contributed by atoms with van der Waals surface area (Å²) in [5, 5.41) is 6.56. The smallest absolute Gasteiger partial charge is 0.274 e. The van der Waals surface area contributed by atoms with Gasteiger partial charge in [-0.1, -0.05) is 30.3 Å². The zero-order valence-electron chi connectivity index (χ0n) is 14.1. The zero-order chi connectivity index (χ0) is 17.0. The predicted octanol–water partition coefficient (Wildman–Crippen LogP) is 4.01. The molecule has 2 aliphatic carbocycles. The van der Waals surface area contributed by atoms with E-state index in [4.69, 9.17) is 10.8 Å². The maximum absolute atomic E-state index is 13.2. The molecule has 5 rings (SSSR count). The Labute approximate surface area is 146 Å². The maximum Gasteiger partial charge on any atom is 0.274 e. The molecule has 2 N–H and O–H groups in total. The fraction of sp³-hybridized carbons (Fsp3) is 0.333. The van der Waals surface area contributed by atoms with Crippen molar-refractivity contribution in [1.82, 2.24) is 9.78 Å². The number of nitrogens with two attached hydrogens (primary N) is 1. The van der Waals surface area contributed by atoms with E-state index in [2.05, 4.69) is 0 Å². The summed E-state index contributed by atoms with van der Waals surface area (Å²) >= 11 is 0. The number of hydrogen-bond donors (Lipinski definition) is 1. The van der Waals surface area contributed by atoms with Crippen molar-refractivity contribution in [1.29, 1.82) is 0 Å². The van der Waals surface area contributed by atoms with Crippen molar-refractivity contribution in [3.8, 4) is 11.3 Å². The van der Waals surface area contributed by atoms with E-state index in [9.17, 15) is 4.79 Å². The fourth-order valence-corrected chi connectivity index (χ4v) is 3.92. The van der Waals surface area contributed by atoms with Crippen LogP contribution in [-0.2, 0) is 0 Å². The van der Waals surface area contributed by atoms with Crippen LogP contribution in [0.4, 0.5) is 5.69 Å². The first-order valence-corrected chi connectivity index (χ1v) is 9.10. The molecule has 0 amide bonds. The van der Waals surface area contributed by atoms with Crippen LogP contribution >= 0.6 is 0 Å². The van der Waals surface area contributed by atoms with Crippen molar-refractivity contribution in [2.45, 2.75) is 31.7 Å². The number of hydrogen-bond acceptors (Lipinski definition) is 3. The standard InChI is InChI=1S/C21H21N3O/c22-16-11-9-13(10-12-16)19-17-3-1-2-4-18(17)21(25)24(23-19)20(14-5-6-14)15-7-8-15/h1-4,9-12,14-15,20H,5-8,22H2. The highest BCUT2D eigenvalue weighted by atomic mass is 16.1. The second kappa shape index (κ2) is 5.45. The first-order chi connectivity index (χ1) is 12.2. The molecular weight excluding hydrogens is 310 g/mol. The van der Waals surface area contributed by atoms with Crippen molar-refractivity contribution >= 4 is 16.5 Å². The van der Waals surface area contributed by atoms with Crippen LogP contribution in [0.15, 0.2) is 53.3 Å². The topological polar surface area (TPSA) is 60.9 Å². The van der Waals surface area contributed by atoms with E-state index in [-0.39, 0.29) is 11.6 Å². The third-order valence-corrected chi connectivity index (χ3v) is 5.50. The molecular formula is C21H21N3O. The van der Waals surface area contributed by atoms with Gasteiger partial charge in [0, 0.05) is 16.6 Å². The molecule has 1 heterocycles. The van der Waals surface area contributed by atoms with Gasteiger partial charge in [0.25, 0.3) is 5.56 Å². The van der Waals surface area contributed by atoms with E-state index < -0.39 is 0 Å². The lowest BCUT2D eigenvalue weighted by atomic mass is 10.0. The number of nitrogen functional groups attached to an aromatic ring is 1. The molecule has 1 aromatic heterocycles. The van der Waals surface area contributed by atoms with Gasteiger partial charge >= 0.3 is 0 Å². The van der Waals surface area contributed by atoms with E-state index >= 15 is 0 Å². The molecule has 0 unspecified atom stereocenters. The van der Waals surface area contributed by atoms with Crippen LogP contribution in [0.25, 0.3) is 22.0 Å². The van der Waals surface area contributed by atoms with Crippen LogP contribution in [0.5, 0.6) is 0 Å². The number of anilines is 1. The first-order valence-electron chi connectivity index (χ1n) is 9.10. The zero-order valence-corrected chi connectivity index (χ0v) is 14.1. The third-order valence-electron chi connectivity index (χ3n) is 5.50. The molecule has 4 nitrogen and oxygen atoms in total. The second-order valence-electron chi connectivity index (χ2n) is 7.43. The van der Waals surface area contributed by atoms with Gasteiger partial charge in [-0.25, -0.2) is 4.68 Å². The van der Waals surface area contributed by atoms with Gasteiger partial charge in [-0.3, -0.25) is 4.79 Å². The van der Waals surface area contributed by atoms with E-state index in [0.717, 1.165) is 27.7 Å². The summed E-state index contributed by atoms with van der Waals surface area (Å²) < 4.78 is 1.81. The van der Waals surface area contributed by atoms with E-state index in [1.54, 1.807) is 0 Å². The molecule has 0 saturated heterocycles. The molecule has 2 aliphatic rings. The number of fused-ring (bicyclic) bond motifs is 1. The van der Waals surface area contributed by atoms with E-state index in [1.165, 1.54) is 25.7 Å². The predicted molar refractivity (Wildman–Crippen MR) is 100 cm³/mol. The lowest BCUT2D eigenvalue weighted by molar-refractivity contribution is 0.349. The average Bonchev–Trinajstić information content (AvgIpc) is 3.53. The Morgan fingerprint density at radius 3 is 2.12 bits per heavy atom. The highest BCUT2D eigenvalue weighted by Crippen LogP contribution is 2.51. The Morgan fingerprint density at radius 1 is 0.920 bits per heavy atom. The molecule has 2 fully saturated rings. The Morgan fingerprint density at radius 2 is 1.52 bits per heavy atom. The van der Waals surface area contributed by atoms with Gasteiger partial charge in [-0.15, -0.1) is 0 Å². The van der Waals surface area contributed by atoms with Gasteiger partial charge in [-0.05, 0) is 55.7 Å². The normalized spacial score (nSPS) is 17.3. The quantitative estimate of drug-likeness (QED) is 0.735. The Kier molecular flexibility index (Phi) is 3.20. The van der Waals surface area contributed by atoms with Gasteiger partial charge in [0.05, 0.1) is 17.1 Å². The van der Waals surface area contributed by atoms with Crippen molar-refractivity contribution < 1.29 is 0 Å². The maximum atomic E-state index is 13.2. The molecule has 126 valence electrons. The number of nitrogens with zero attached hydrogens (tertiary/aromatic N) is 2. The van der Waals surface area contributed by atoms with Crippen molar-refractivity contribution in [3.05, 3.63) is 58.9 Å². The summed E-state index contributed by atoms with van der Waals surface area (Å²) in [6, 6.07) is 15.8. The summed E-state index contributed by atoms with van der Waals surface area (Å²) in [4.78, 5) is 13.2. The largest absolute Gasteiger partial charge is 0.399 e. The molecule has 0 spiro atoms. The van der Waals surface area contributed by atoms with Gasteiger partial charge in [0.15, 0.2) is 0 Å². The molecule has 0 aliphatic heterocycles. The fourth-order valence-electron chi connectivity index (χ4n) is 3.92. The van der Waals surface area contributed by atoms with Crippen LogP contribution in [0.1, 0.15) is 31.7 Å². The molecule has 2 aromatic carbocycles. The van der Waals surface area contributed by atoms with Gasteiger partial charge in [0.1, 0.15) is 0 Å². The summed E-state index contributed by atoms with van der Waals surface area (Å²) in [7, 11) is 0. The minimum Gasteiger partial charge on any atom is -0.399 e. The van der Waals surface area contributed by atoms with Crippen LogP contribution in [0.2, 0.25) is 0 Å². The van der Waals surface area contributed by atoms with Gasteiger partial charge in [0.2, 0.25) is 0 Å². The Balaban J connectivity index is 1.77. The Hall–Kier alpha value is -2.62. The number of aromatic nitrogens is 2. The summed E-state index contributed by atoms with van der Waals surface area (Å²) in [5.41, 5.74) is 8.51. The molecule has 25 heavy (non-hydrogen) atoms. The Bertz CT molecular complexity index is 986. The highest BCUT2D eigenvalue weighted by Gasteiger charge is 2.44. The van der Waals surface area contributed by atoms with Crippen LogP contribution in [0, 0.1) is 11.8 Å².